The van der Waals surface area contributed by atoms with Crippen LogP contribution in [-0.2, 0) is 17.7 Å². The number of nitrogens with zero attached hydrogens (tertiary/aromatic N) is 2. The zero-order valence-electron chi connectivity index (χ0n) is 22.6. The van der Waals surface area contributed by atoms with Gasteiger partial charge in [-0.25, -0.2) is 4.79 Å². The SMILES string of the molecule is Cc1cccc(Cn2ncc3cc(-c4cccc(P(C)(C)=O)c4)cc(C(=O)NCc4ccc(C(=O)O)cc4)c32)c1. The number of carboxylic acids is 1. The molecule has 1 heterocycles. The summed E-state index contributed by atoms with van der Waals surface area (Å²) in [7, 11) is -2.47. The first-order chi connectivity index (χ1) is 19.1. The van der Waals surface area contributed by atoms with Crippen molar-refractivity contribution in [2.45, 2.75) is 20.0 Å². The number of hydrogen-bond donors (Lipinski definition) is 2. The highest BCUT2D eigenvalue weighted by atomic mass is 31.2. The van der Waals surface area contributed by atoms with E-state index in [0.29, 0.717) is 12.1 Å². The van der Waals surface area contributed by atoms with Gasteiger partial charge in [-0.15, -0.1) is 0 Å². The van der Waals surface area contributed by atoms with Crippen LogP contribution in [0.1, 0.15) is 37.4 Å². The summed E-state index contributed by atoms with van der Waals surface area (Å²) in [6.07, 6.45) is 1.77. The van der Waals surface area contributed by atoms with Gasteiger partial charge in [-0.1, -0.05) is 60.2 Å². The zero-order chi connectivity index (χ0) is 28.4. The third kappa shape index (κ3) is 5.90. The monoisotopic (exact) mass is 551 g/mol. The first-order valence-corrected chi connectivity index (χ1v) is 15.5. The molecule has 4 aromatic carbocycles. The molecule has 0 radical (unpaired) electrons. The minimum atomic E-state index is -2.47. The van der Waals surface area contributed by atoms with Crippen LogP contribution in [0.15, 0.2) is 91.1 Å². The Hall–Kier alpha value is -4.48. The molecule has 0 saturated heterocycles. The predicted octanol–water partition coefficient (Wildman–Crippen LogP) is 5.94. The molecule has 40 heavy (non-hydrogen) atoms. The van der Waals surface area contributed by atoms with Gasteiger partial charge in [0.05, 0.1) is 29.4 Å². The van der Waals surface area contributed by atoms with Crippen LogP contribution in [0.5, 0.6) is 0 Å². The molecule has 5 aromatic rings. The number of fused-ring (bicyclic) bond motifs is 1. The smallest absolute Gasteiger partial charge is 0.335 e. The first kappa shape index (κ1) is 27.1. The number of benzene rings is 4. The molecule has 0 atom stereocenters. The highest BCUT2D eigenvalue weighted by Crippen LogP contribution is 2.36. The lowest BCUT2D eigenvalue weighted by Gasteiger charge is -2.13. The zero-order valence-corrected chi connectivity index (χ0v) is 23.5. The second kappa shape index (κ2) is 10.9. The molecule has 202 valence electrons. The maximum atomic E-state index is 13.7. The van der Waals surface area contributed by atoms with Crippen LogP contribution in [0.25, 0.3) is 22.0 Å². The Morgan fingerprint density at radius 2 is 1.65 bits per heavy atom. The van der Waals surface area contributed by atoms with E-state index >= 15 is 0 Å². The van der Waals surface area contributed by atoms with Crippen molar-refractivity contribution >= 4 is 35.2 Å². The molecule has 8 heteroatoms. The topological polar surface area (TPSA) is 101 Å². The van der Waals surface area contributed by atoms with Crippen LogP contribution < -0.4 is 10.6 Å². The lowest BCUT2D eigenvalue weighted by atomic mass is 9.99. The maximum absolute atomic E-state index is 13.7. The summed E-state index contributed by atoms with van der Waals surface area (Å²) in [5, 5.41) is 18.4. The molecule has 0 saturated carbocycles. The fraction of sp³-hybridized carbons (Fsp3) is 0.156. The van der Waals surface area contributed by atoms with E-state index in [2.05, 4.69) is 16.5 Å². The van der Waals surface area contributed by atoms with Gasteiger partial charge in [0.25, 0.3) is 5.91 Å². The van der Waals surface area contributed by atoms with Crippen LogP contribution >= 0.6 is 7.14 Å². The molecule has 0 spiro atoms. The first-order valence-electron chi connectivity index (χ1n) is 12.9. The fourth-order valence-electron chi connectivity index (χ4n) is 4.74. The Labute approximate surface area is 232 Å². The van der Waals surface area contributed by atoms with Crippen molar-refractivity contribution in [2.24, 2.45) is 0 Å². The largest absolute Gasteiger partial charge is 0.478 e. The minimum absolute atomic E-state index is 0.190. The van der Waals surface area contributed by atoms with Crippen molar-refractivity contribution in [3.05, 3.63) is 119 Å². The number of aromatic nitrogens is 2. The van der Waals surface area contributed by atoms with Gasteiger partial charge < -0.3 is 15.0 Å². The van der Waals surface area contributed by atoms with Gasteiger partial charge in [-0.2, -0.15) is 5.10 Å². The Morgan fingerprint density at radius 1 is 0.900 bits per heavy atom. The Kier molecular flexibility index (Phi) is 7.42. The third-order valence-electron chi connectivity index (χ3n) is 6.85. The molecule has 0 unspecified atom stereocenters. The van der Waals surface area contributed by atoms with E-state index in [1.54, 1.807) is 31.7 Å². The quantitative estimate of drug-likeness (QED) is 0.233. The summed E-state index contributed by atoms with van der Waals surface area (Å²) in [6, 6.07) is 26.1. The highest BCUT2D eigenvalue weighted by Gasteiger charge is 2.19. The second-order valence-electron chi connectivity index (χ2n) is 10.3. The number of rotatable bonds is 8. The van der Waals surface area contributed by atoms with Gasteiger partial charge in [0.1, 0.15) is 7.14 Å². The highest BCUT2D eigenvalue weighted by molar-refractivity contribution is 7.70. The van der Waals surface area contributed by atoms with Crippen molar-refractivity contribution in [3.63, 3.8) is 0 Å². The summed E-state index contributed by atoms with van der Waals surface area (Å²) in [6.45, 7) is 6.27. The Balaban J connectivity index is 1.55. The van der Waals surface area contributed by atoms with Gasteiger partial charge >= 0.3 is 5.97 Å². The van der Waals surface area contributed by atoms with E-state index in [1.165, 1.54) is 12.1 Å². The molecule has 0 fully saturated rings. The van der Waals surface area contributed by atoms with Crippen molar-refractivity contribution in [1.82, 2.24) is 15.1 Å². The minimum Gasteiger partial charge on any atom is -0.478 e. The van der Waals surface area contributed by atoms with E-state index in [1.807, 2.05) is 66.2 Å². The molecule has 5 rings (SSSR count). The number of aryl methyl sites for hydroxylation is 1. The van der Waals surface area contributed by atoms with Crippen LogP contribution in [0.2, 0.25) is 0 Å². The second-order valence-corrected chi connectivity index (χ2v) is 13.6. The molecule has 0 aliphatic rings. The molecule has 7 nitrogen and oxygen atoms in total. The van der Waals surface area contributed by atoms with E-state index < -0.39 is 13.1 Å². The third-order valence-corrected chi connectivity index (χ3v) is 8.37. The van der Waals surface area contributed by atoms with E-state index in [-0.39, 0.29) is 18.0 Å². The molecule has 0 aliphatic carbocycles. The van der Waals surface area contributed by atoms with Gasteiger partial charge in [-0.3, -0.25) is 9.48 Å². The summed E-state index contributed by atoms with van der Waals surface area (Å²) in [4.78, 5) is 24.9. The molecule has 0 bridgehead atoms. The van der Waals surface area contributed by atoms with Crippen molar-refractivity contribution in [2.75, 3.05) is 13.3 Å². The number of hydrogen-bond acceptors (Lipinski definition) is 4. The van der Waals surface area contributed by atoms with Crippen molar-refractivity contribution in [1.29, 1.82) is 0 Å². The van der Waals surface area contributed by atoms with Crippen molar-refractivity contribution < 1.29 is 19.3 Å². The molecule has 0 aliphatic heterocycles. The van der Waals surface area contributed by atoms with Crippen LogP contribution in [0.3, 0.4) is 0 Å². The summed E-state index contributed by atoms with van der Waals surface area (Å²) < 4.78 is 14.6. The summed E-state index contributed by atoms with van der Waals surface area (Å²) >= 11 is 0. The number of carbonyl (C=O) groups excluding carboxylic acids is 1. The lowest BCUT2D eigenvalue weighted by molar-refractivity contribution is 0.0696. The van der Waals surface area contributed by atoms with Gasteiger partial charge in [0.2, 0.25) is 0 Å². The van der Waals surface area contributed by atoms with E-state index in [9.17, 15) is 14.2 Å². The Morgan fingerprint density at radius 3 is 2.35 bits per heavy atom. The standard InChI is InChI=1S/C32H30N3O4P/c1-21-6-4-7-23(14-21)20-35-30-27(19-34-35)15-26(25-8-5-9-28(16-25)40(2,3)39)17-29(30)31(36)33-18-22-10-12-24(13-11-22)32(37)38/h4-17,19H,18,20H2,1-3H3,(H,33,36)(H,37,38). The Bertz CT molecular complexity index is 1780. The fourth-order valence-corrected chi connectivity index (χ4v) is 5.63. The van der Waals surface area contributed by atoms with Crippen LogP contribution in [0.4, 0.5) is 0 Å². The predicted molar refractivity (Wildman–Crippen MR) is 159 cm³/mol. The molecule has 1 amide bonds. The molecular formula is C32H30N3O4P. The number of aromatic carboxylic acids is 1. The molecular weight excluding hydrogens is 521 g/mol. The molecule has 2 N–H and O–H groups in total. The number of carbonyl (C=O) groups is 2. The lowest BCUT2D eigenvalue weighted by Crippen LogP contribution is -2.24. The van der Waals surface area contributed by atoms with Crippen LogP contribution in [0, 0.1) is 6.92 Å². The average molecular weight is 552 g/mol. The number of amides is 1. The van der Waals surface area contributed by atoms with Crippen molar-refractivity contribution in [3.8, 4) is 11.1 Å². The van der Waals surface area contributed by atoms with Gasteiger partial charge in [-0.05, 0) is 72.8 Å². The number of carboxylic acid groups (broad SMARTS) is 1. The summed E-state index contributed by atoms with van der Waals surface area (Å²) in [5.41, 5.74) is 6.09. The van der Waals surface area contributed by atoms with Gasteiger partial charge in [0, 0.05) is 17.2 Å². The van der Waals surface area contributed by atoms with Gasteiger partial charge in [0.15, 0.2) is 0 Å². The number of nitrogens with one attached hydrogen (secondary N) is 1. The molecule has 1 aromatic heterocycles. The normalized spacial score (nSPS) is 11.5. The van der Waals surface area contributed by atoms with Crippen LogP contribution in [-0.4, -0.2) is 40.1 Å². The van der Waals surface area contributed by atoms with E-state index in [4.69, 9.17) is 5.11 Å². The van der Waals surface area contributed by atoms with E-state index in [0.717, 1.165) is 44.0 Å². The maximum Gasteiger partial charge on any atom is 0.335 e. The summed E-state index contributed by atoms with van der Waals surface area (Å²) in [5.74, 6) is -1.27. The average Bonchev–Trinajstić information content (AvgIpc) is 3.33.